The van der Waals surface area contributed by atoms with E-state index in [2.05, 4.69) is 6.58 Å². The quantitative estimate of drug-likeness (QED) is 0.301. The van der Waals surface area contributed by atoms with Crippen molar-refractivity contribution in [3.05, 3.63) is 12.7 Å². The zero-order valence-electron chi connectivity index (χ0n) is 5.85. The zero-order chi connectivity index (χ0) is 6.62. The molecule has 2 nitrogen and oxygen atoms in total. The molecule has 0 aromatic heterocycles. The minimum Gasteiger partial charge on any atom is -0.199 e. The first-order valence-electron chi connectivity index (χ1n) is 2.63. The fourth-order valence-corrected chi connectivity index (χ4v) is 0.276. The summed E-state index contributed by atoms with van der Waals surface area (Å²) in [6.07, 6.45) is 1.74. The van der Waals surface area contributed by atoms with E-state index in [9.17, 15) is 0 Å². The molecule has 0 spiro atoms. The average molecular weight is 116 g/mol. The van der Waals surface area contributed by atoms with Crippen LogP contribution in [0.1, 0.15) is 0 Å². The number of hydrogen-bond acceptors (Lipinski definition) is 1. The molecule has 0 unspecified atom stereocenters. The first-order valence-corrected chi connectivity index (χ1v) is 2.63. The van der Waals surface area contributed by atoms with Crippen LogP contribution in [0.15, 0.2) is 12.7 Å². The molecule has 0 aliphatic heterocycles. The zero-order valence-corrected chi connectivity index (χ0v) is 5.85. The maximum Gasteiger partial charge on any atom is 0.124 e. The van der Waals surface area contributed by atoms with Crippen LogP contribution in [0.25, 0.3) is 0 Å². The number of quaternary nitrogens is 1. The topological polar surface area (TPSA) is 9.23 Å². The Kier molecular flexibility index (Phi) is 2.72. The van der Waals surface area contributed by atoms with E-state index >= 15 is 0 Å². The van der Waals surface area contributed by atoms with Crippen molar-refractivity contribution in [3.8, 4) is 0 Å². The van der Waals surface area contributed by atoms with Crippen molar-refractivity contribution in [2.45, 2.75) is 0 Å². The van der Waals surface area contributed by atoms with Crippen molar-refractivity contribution < 1.29 is 9.48 Å². The molecule has 0 N–H and O–H groups in total. The first-order chi connectivity index (χ1) is 3.56. The average Bonchev–Trinajstić information content (AvgIpc) is 1.59. The van der Waals surface area contributed by atoms with Crippen LogP contribution in [-0.2, 0) is 4.84 Å². The Hall–Kier alpha value is -0.340. The highest BCUT2D eigenvalue weighted by Crippen LogP contribution is 1.90. The highest BCUT2D eigenvalue weighted by Gasteiger charge is 2.03. The summed E-state index contributed by atoms with van der Waals surface area (Å²) < 4.78 is 0.534. The second kappa shape index (κ2) is 2.84. The summed E-state index contributed by atoms with van der Waals surface area (Å²) in [4.78, 5) is 5.20. The Morgan fingerprint density at radius 2 is 2.00 bits per heavy atom. The van der Waals surface area contributed by atoms with Gasteiger partial charge in [0.2, 0.25) is 0 Å². The van der Waals surface area contributed by atoms with Gasteiger partial charge in [-0.2, -0.15) is 9.48 Å². The summed E-state index contributed by atoms with van der Waals surface area (Å²) in [5.74, 6) is 0. The molecule has 0 aliphatic rings. The van der Waals surface area contributed by atoms with Gasteiger partial charge in [0.15, 0.2) is 0 Å². The number of hydrogen-bond donors (Lipinski definition) is 0. The third-order valence-electron chi connectivity index (χ3n) is 0.580. The Morgan fingerprint density at radius 1 is 1.50 bits per heavy atom. The summed E-state index contributed by atoms with van der Waals surface area (Å²) in [6, 6.07) is 0. The molecule has 2 heteroatoms. The van der Waals surface area contributed by atoms with Crippen LogP contribution in [0, 0.1) is 0 Å². The molecule has 0 fully saturated rings. The van der Waals surface area contributed by atoms with Gasteiger partial charge < -0.3 is 0 Å². The first kappa shape index (κ1) is 7.66. The molecule has 0 aromatic rings. The molecule has 0 heterocycles. The van der Waals surface area contributed by atoms with Crippen LogP contribution in [0.3, 0.4) is 0 Å². The molecule has 0 bridgehead atoms. The van der Waals surface area contributed by atoms with E-state index in [4.69, 9.17) is 4.84 Å². The van der Waals surface area contributed by atoms with E-state index < -0.39 is 0 Å². The molecule has 8 heavy (non-hydrogen) atoms. The number of nitrogens with zero attached hydrogens (tertiary/aromatic N) is 1. The highest BCUT2D eigenvalue weighted by atomic mass is 16.7. The molecule has 0 saturated carbocycles. The lowest BCUT2D eigenvalue weighted by Crippen LogP contribution is -2.34. The lowest BCUT2D eigenvalue weighted by Gasteiger charge is -2.19. The van der Waals surface area contributed by atoms with Gasteiger partial charge in [-0.25, -0.2) is 0 Å². The second-order valence-electron chi connectivity index (χ2n) is 2.47. The lowest BCUT2D eigenvalue weighted by molar-refractivity contribution is -1.06. The molecule has 48 valence electrons. The van der Waals surface area contributed by atoms with Crippen molar-refractivity contribution in [1.82, 2.24) is 0 Å². The summed E-state index contributed by atoms with van der Waals surface area (Å²) in [6.45, 7) is 4.14. The maximum absolute atomic E-state index is 5.20. The summed E-state index contributed by atoms with van der Waals surface area (Å²) in [5.41, 5.74) is 0. The van der Waals surface area contributed by atoms with Crippen LogP contribution >= 0.6 is 0 Å². The maximum atomic E-state index is 5.20. The van der Waals surface area contributed by atoms with Gasteiger partial charge in [-0.05, 0) is 0 Å². The minimum absolute atomic E-state index is 0.534. The Balaban J connectivity index is 3.24. The monoisotopic (exact) mass is 116 g/mol. The van der Waals surface area contributed by atoms with Crippen molar-refractivity contribution in [3.63, 3.8) is 0 Å². The normalized spacial score (nSPS) is 11.4. The van der Waals surface area contributed by atoms with Gasteiger partial charge >= 0.3 is 0 Å². The summed E-state index contributed by atoms with van der Waals surface area (Å²) in [7, 11) is 5.89. The van der Waals surface area contributed by atoms with Crippen LogP contribution in [0.4, 0.5) is 0 Å². The Morgan fingerprint density at radius 3 is 2.12 bits per heavy atom. The van der Waals surface area contributed by atoms with Crippen molar-refractivity contribution in [2.24, 2.45) is 0 Å². The molecule has 0 aliphatic carbocycles. The van der Waals surface area contributed by atoms with Gasteiger partial charge in [-0.15, -0.1) is 6.58 Å². The van der Waals surface area contributed by atoms with E-state index in [-0.39, 0.29) is 0 Å². The third-order valence-corrected chi connectivity index (χ3v) is 0.580. The van der Waals surface area contributed by atoms with Gasteiger partial charge in [0.05, 0.1) is 21.1 Å². The Labute approximate surface area is 50.9 Å². The summed E-state index contributed by atoms with van der Waals surface area (Å²) >= 11 is 0. The largest absolute Gasteiger partial charge is 0.199 e. The van der Waals surface area contributed by atoms with Crippen LogP contribution in [0.2, 0.25) is 0 Å². The SMILES string of the molecule is C=CCO[N+](C)(C)C. The predicted octanol–water partition coefficient (Wildman–Crippen LogP) is 0.810. The molecule has 0 atom stereocenters. The van der Waals surface area contributed by atoms with E-state index in [1.54, 1.807) is 6.08 Å². The molecular formula is C6H14NO+. The predicted molar refractivity (Wildman–Crippen MR) is 34.2 cm³/mol. The second-order valence-corrected chi connectivity index (χ2v) is 2.47. The van der Waals surface area contributed by atoms with Crippen LogP contribution in [0.5, 0.6) is 0 Å². The highest BCUT2D eigenvalue weighted by molar-refractivity contribution is 4.62. The molecule has 0 radical (unpaired) electrons. The van der Waals surface area contributed by atoms with E-state index in [1.165, 1.54) is 0 Å². The van der Waals surface area contributed by atoms with Gasteiger partial charge in [0.25, 0.3) is 0 Å². The minimum atomic E-state index is 0.534. The molecular weight excluding hydrogens is 102 g/mol. The molecule has 0 rings (SSSR count). The third kappa shape index (κ3) is 5.66. The van der Waals surface area contributed by atoms with Crippen molar-refractivity contribution in [2.75, 3.05) is 27.7 Å². The fraction of sp³-hybridized carbons (Fsp3) is 0.667. The van der Waals surface area contributed by atoms with Crippen molar-refractivity contribution in [1.29, 1.82) is 0 Å². The van der Waals surface area contributed by atoms with E-state index in [1.807, 2.05) is 21.1 Å². The smallest absolute Gasteiger partial charge is 0.124 e. The van der Waals surface area contributed by atoms with Gasteiger partial charge in [0, 0.05) is 0 Å². The van der Waals surface area contributed by atoms with Crippen molar-refractivity contribution >= 4 is 0 Å². The standard InChI is InChI=1S/C6H14NO/c1-5-6-8-7(2,3)4/h5H,1,6H2,2-4H3/q+1. The fourth-order valence-electron chi connectivity index (χ4n) is 0.276. The van der Waals surface area contributed by atoms with Gasteiger partial charge in [-0.1, -0.05) is 6.08 Å². The molecule has 0 saturated heterocycles. The molecule has 0 amide bonds. The van der Waals surface area contributed by atoms with Crippen LogP contribution < -0.4 is 0 Å². The number of rotatable bonds is 3. The Bertz CT molecular complexity index is 73.1. The summed E-state index contributed by atoms with van der Waals surface area (Å²) in [5, 5.41) is 0. The van der Waals surface area contributed by atoms with E-state index in [0.29, 0.717) is 11.3 Å². The van der Waals surface area contributed by atoms with Gasteiger partial charge in [-0.3, -0.25) is 0 Å². The van der Waals surface area contributed by atoms with Crippen LogP contribution in [-0.4, -0.2) is 32.4 Å². The van der Waals surface area contributed by atoms with Gasteiger partial charge in [0.1, 0.15) is 6.61 Å². The number of hydroxylamine groups is 3. The lowest BCUT2D eigenvalue weighted by atomic mass is 10.7. The molecule has 0 aromatic carbocycles. The van der Waals surface area contributed by atoms with E-state index in [0.717, 1.165) is 0 Å².